The summed E-state index contributed by atoms with van der Waals surface area (Å²) in [6.45, 7) is 5.76. The zero-order chi connectivity index (χ0) is 12.7. The third kappa shape index (κ3) is 5.80. The SMILES string of the molecule is CC(C)CCCNCC(O)c1cccc(F)c1. The number of aliphatic hydroxyl groups excluding tert-OH is 1. The fourth-order valence-corrected chi connectivity index (χ4v) is 1.71. The molecule has 1 aromatic rings. The quantitative estimate of drug-likeness (QED) is 0.717. The highest BCUT2D eigenvalue weighted by Gasteiger charge is 2.07. The number of hydrogen-bond donors (Lipinski definition) is 2. The maximum Gasteiger partial charge on any atom is 0.123 e. The van der Waals surface area contributed by atoms with Crippen molar-refractivity contribution in [2.24, 2.45) is 5.92 Å². The van der Waals surface area contributed by atoms with Crippen LogP contribution in [0.4, 0.5) is 4.39 Å². The Morgan fingerprint density at radius 2 is 2.12 bits per heavy atom. The van der Waals surface area contributed by atoms with Crippen LogP contribution in [0.2, 0.25) is 0 Å². The number of nitrogens with one attached hydrogen (secondary N) is 1. The molecule has 0 aliphatic heterocycles. The first-order valence-electron chi connectivity index (χ1n) is 6.24. The molecule has 0 saturated carbocycles. The van der Waals surface area contributed by atoms with Crippen LogP contribution < -0.4 is 5.32 Å². The Hall–Kier alpha value is -0.930. The van der Waals surface area contributed by atoms with E-state index in [9.17, 15) is 9.50 Å². The molecule has 0 saturated heterocycles. The van der Waals surface area contributed by atoms with Crippen molar-refractivity contribution < 1.29 is 9.50 Å². The molecule has 0 radical (unpaired) electrons. The van der Waals surface area contributed by atoms with E-state index < -0.39 is 6.10 Å². The van der Waals surface area contributed by atoms with E-state index in [0.717, 1.165) is 13.0 Å². The highest BCUT2D eigenvalue weighted by atomic mass is 19.1. The first-order chi connectivity index (χ1) is 8.09. The van der Waals surface area contributed by atoms with E-state index in [1.165, 1.54) is 18.6 Å². The molecule has 0 aromatic heterocycles. The predicted molar refractivity (Wildman–Crippen MR) is 68.3 cm³/mol. The Morgan fingerprint density at radius 3 is 2.76 bits per heavy atom. The van der Waals surface area contributed by atoms with E-state index in [1.807, 2.05) is 0 Å². The van der Waals surface area contributed by atoms with Gasteiger partial charge in [-0.05, 0) is 43.0 Å². The van der Waals surface area contributed by atoms with E-state index in [2.05, 4.69) is 19.2 Å². The van der Waals surface area contributed by atoms with Gasteiger partial charge in [0.05, 0.1) is 6.10 Å². The zero-order valence-electron chi connectivity index (χ0n) is 10.6. The van der Waals surface area contributed by atoms with Crippen LogP contribution in [0.5, 0.6) is 0 Å². The van der Waals surface area contributed by atoms with Gasteiger partial charge >= 0.3 is 0 Å². The summed E-state index contributed by atoms with van der Waals surface area (Å²) >= 11 is 0. The van der Waals surface area contributed by atoms with Crippen molar-refractivity contribution in [2.75, 3.05) is 13.1 Å². The van der Waals surface area contributed by atoms with Gasteiger partial charge in [-0.3, -0.25) is 0 Å². The molecule has 2 nitrogen and oxygen atoms in total. The summed E-state index contributed by atoms with van der Waals surface area (Å²) in [6.07, 6.45) is 1.65. The first-order valence-corrected chi connectivity index (χ1v) is 6.24. The second-order valence-electron chi connectivity index (χ2n) is 4.81. The molecule has 0 aliphatic carbocycles. The lowest BCUT2D eigenvalue weighted by Crippen LogP contribution is -2.22. The van der Waals surface area contributed by atoms with E-state index in [0.29, 0.717) is 18.0 Å². The van der Waals surface area contributed by atoms with Crippen molar-refractivity contribution in [1.82, 2.24) is 5.32 Å². The van der Waals surface area contributed by atoms with E-state index in [1.54, 1.807) is 12.1 Å². The average molecular weight is 239 g/mol. The number of halogens is 1. The molecule has 0 spiro atoms. The highest BCUT2D eigenvalue weighted by Crippen LogP contribution is 2.13. The van der Waals surface area contributed by atoms with Crippen LogP contribution >= 0.6 is 0 Å². The van der Waals surface area contributed by atoms with Crippen LogP contribution in [0, 0.1) is 11.7 Å². The van der Waals surface area contributed by atoms with E-state index in [-0.39, 0.29) is 5.82 Å². The van der Waals surface area contributed by atoms with Crippen molar-refractivity contribution in [3.05, 3.63) is 35.6 Å². The summed E-state index contributed by atoms with van der Waals surface area (Å²) in [6, 6.07) is 6.11. The summed E-state index contributed by atoms with van der Waals surface area (Å²) in [5.74, 6) is 0.409. The molecule has 3 heteroatoms. The van der Waals surface area contributed by atoms with Gasteiger partial charge in [0.25, 0.3) is 0 Å². The Labute approximate surface area is 103 Å². The molecule has 0 aliphatic rings. The molecule has 1 aromatic carbocycles. The van der Waals surface area contributed by atoms with E-state index >= 15 is 0 Å². The van der Waals surface area contributed by atoms with Gasteiger partial charge in [-0.1, -0.05) is 26.0 Å². The topological polar surface area (TPSA) is 32.3 Å². The minimum atomic E-state index is -0.634. The van der Waals surface area contributed by atoms with Gasteiger partial charge < -0.3 is 10.4 Å². The van der Waals surface area contributed by atoms with Gasteiger partial charge in [-0.15, -0.1) is 0 Å². The molecule has 0 amide bonds. The summed E-state index contributed by atoms with van der Waals surface area (Å²) in [5.41, 5.74) is 0.626. The second-order valence-corrected chi connectivity index (χ2v) is 4.81. The molecule has 96 valence electrons. The number of hydrogen-bond acceptors (Lipinski definition) is 2. The summed E-state index contributed by atoms with van der Waals surface area (Å²) < 4.78 is 12.9. The van der Waals surface area contributed by atoms with Gasteiger partial charge in [-0.2, -0.15) is 0 Å². The zero-order valence-corrected chi connectivity index (χ0v) is 10.6. The second kappa shape index (κ2) is 7.41. The Morgan fingerprint density at radius 1 is 1.35 bits per heavy atom. The maximum atomic E-state index is 12.9. The molecule has 0 heterocycles. The minimum absolute atomic E-state index is 0.304. The normalized spacial score (nSPS) is 13.0. The summed E-state index contributed by atoms with van der Waals surface area (Å²) in [5, 5.41) is 13.0. The van der Waals surface area contributed by atoms with Crippen LogP contribution in [0.15, 0.2) is 24.3 Å². The smallest absolute Gasteiger partial charge is 0.123 e. The summed E-state index contributed by atoms with van der Waals surface area (Å²) in [4.78, 5) is 0. The summed E-state index contributed by atoms with van der Waals surface area (Å²) in [7, 11) is 0. The fourth-order valence-electron chi connectivity index (χ4n) is 1.71. The molecule has 2 N–H and O–H groups in total. The maximum absolute atomic E-state index is 12.9. The lowest BCUT2D eigenvalue weighted by Gasteiger charge is -2.12. The van der Waals surface area contributed by atoms with Crippen LogP contribution in [0.25, 0.3) is 0 Å². The third-order valence-corrected chi connectivity index (χ3v) is 2.71. The van der Waals surface area contributed by atoms with Crippen molar-refractivity contribution in [2.45, 2.75) is 32.8 Å². The Kier molecular flexibility index (Phi) is 6.16. The molecular weight excluding hydrogens is 217 g/mol. The molecule has 0 fully saturated rings. The molecule has 17 heavy (non-hydrogen) atoms. The predicted octanol–water partition coefficient (Wildman–Crippen LogP) is 2.88. The molecule has 1 unspecified atom stereocenters. The number of aliphatic hydroxyl groups is 1. The monoisotopic (exact) mass is 239 g/mol. The molecule has 1 rings (SSSR count). The minimum Gasteiger partial charge on any atom is -0.387 e. The van der Waals surface area contributed by atoms with Gasteiger partial charge in [0, 0.05) is 6.54 Å². The van der Waals surface area contributed by atoms with Gasteiger partial charge in [0.1, 0.15) is 5.82 Å². The van der Waals surface area contributed by atoms with Gasteiger partial charge in [-0.25, -0.2) is 4.39 Å². The van der Waals surface area contributed by atoms with Crippen molar-refractivity contribution in [3.63, 3.8) is 0 Å². The Balaban J connectivity index is 2.23. The van der Waals surface area contributed by atoms with Gasteiger partial charge in [0.15, 0.2) is 0 Å². The van der Waals surface area contributed by atoms with Crippen LogP contribution in [0.1, 0.15) is 38.4 Å². The molecular formula is C14H22FNO. The highest BCUT2D eigenvalue weighted by molar-refractivity contribution is 5.18. The van der Waals surface area contributed by atoms with Crippen molar-refractivity contribution >= 4 is 0 Å². The number of benzene rings is 1. The first kappa shape index (κ1) is 14.1. The van der Waals surface area contributed by atoms with E-state index in [4.69, 9.17) is 0 Å². The van der Waals surface area contributed by atoms with Gasteiger partial charge in [0.2, 0.25) is 0 Å². The third-order valence-electron chi connectivity index (χ3n) is 2.71. The standard InChI is InChI=1S/C14H22FNO/c1-11(2)5-4-8-16-10-14(17)12-6-3-7-13(15)9-12/h3,6-7,9,11,14,16-17H,4-5,8,10H2,1-2H3. The largest absolute Gasteiger partial charge is 0.387 e. The van der Waals surface area contributed by atoms with Crippen molar-refractivity contribution in [1.29, 1.82) is 0 Å². The lowest BCUT2D eigenvalue weighted by molar-refractivity contribution is 0.174. The fraction of sp³-hybridized carbons (Fsp3) is 0.571. The van der Waals surface area contributed by atoms with Crippen LogP contribution in [-0.2, 0) is 0 Å². The van der Waals surface area contributed by atoms with Crippen molar-refractivity contribution in [3.8, 4) is 0 Å². The van der Waals surface area contributed by atoms with Crippen LogP contribution in [-0.4, -0.2) is 18.2 Å². The molecule has 0 bridgehead atoms. The van der Waals surface area contributed by atoms with Crippen LogP contribution in [0.3, 0.4) is 0 Å². The lowest BCUT2D eigenvalue weighted by atomic mass is 10.1. The Bertz CT molecular complexity index is 328. The molecule has 1 atom stereocenters. The number of rotatable bonds is 7. The average Bonchev–Trinajstić information content (AvgIpc) is 2.28.